The lowest BCUT2D eigenvalue weighted by Gasteiger charge is -2.40. The lowest BCUT2D eigenvalue weighted by molar-refractivity contribution is -0.135. The van der Waals surface area contributed by atoms with Crippen LogP contribution in [0.3, 0.4) is 0 Å². The number of ether oxygens (including phenoxy) is 1. The van der Waals surface area contributed by atoms with Crippen LogP contribution < -0.4 is 15.0 Å². The van der Waals surface area contributed by atoms with Gasteiger partial charge in [0.25, 0.3) is 5.91 Å². The summed E-state index contributed by atoms with van der Waals surface area (Å²) in [5.41, 5.74) is 1.85. The van der Waals surface area contributed by atoms with E-state index in [-0.39, 0.29) is 36.3 Å². The molecule has 2 amide bonds. The van der Waals surface area contributed by atoms with Gasteiger partial charge in [-0.3, -0.25) is 14.5 Å². The molecule has 36 heavy (non-hydrogen) atoms. The SMILES string of the molecule is Cc1cc(OC(C)C)ccc1N(C(=O)CCl)[C@@H](C(=O)N1CCN[C@@H](C(C)C)C1)c1ccc(F)cc1.Cl. The Balaban J connectivity index is 0.00000456. The second-order valence-corrected chi connectivity index (χ2v) is 9.82. The van der Waals surface area contributed by atoms with Crippen LogP contribution in [-0.2, 0) is 9.59 Å². The van der Waals surface area contributed by atoms with Crippen molar-refractivity contribution in [1.82, 2.24) is 10.2 Å². The molecule has 0 unspecified atom stereocenters. The van der Waals surface area contributed by atoms with Crippen molar-refractivity contribution in [2.75, 3.05) is 30.4 Å². The second kappa shape index (κ2) is 13.3. The Morgan fingerprint density at radius 3 is 2.39 bits per heavy atom. The minimum Gasteiger partial charge on any atom is -0.491 e. The number of carbonyl (C=O) groups is 2. The molecular weight excluding hydrogens is 504 g/mol. The number of hydrogen-bond donors (Lipinski definition) is 1. The van der Waals surface area contributed by atoms with E-state index in [2.05, 4.69) is 19.2 Å². The number of nitrogens with zero attached hydrogens (tertiary/aromatic N) is 2. The van der Waals surface area contributed by atoms with E-state index in [1.165, 1.54) is 17.0 Å². The van der Waals surface area contributed by atoms with Crippen LogP contribution in [0.1, 0.15) is 44.9 Å². The van der Waals surface area contributed by atoms with Crippen LogP contribution in [0.15, 0.2) is 42.5 Å². The van der Waals surface area contributed by atoms with Crippen LogP contribution in [0.25, 0.3) is 0 Å². The molecule has 198 valence electrons. The Morgan fingerprint density at radius 2 is 1.83 bits per heavy atom. The van der Waals surface area contributed by atoms with Gasteiger partial charge in [0.1, 0.15) is 23.5 Å². The second-order valence-electron chi connectivity index (χ2n) is 9.56. The number of benzene rings is 2. The third-order valence-corrected chi connectivity index (χ3v) is 6.41. The fourth-order valence-electron chi connectivity index (χ4n) is 4.37. The summed E-state index contributed by atoms with van der Waals surface area (Å²) in [6, 6.07) is 10.3. The standard InChI is InChI=1S/C27H35ClFN3O3.ClH/c1-17(2)23-16-31(13-12-30-23)27(34)26(20-6-8-21(29)9-7-20)32(25(33)15-28)24-11-10-22(14-19(24)5)35-18(3)4;/h6-11,14,17-18,23,26,30H,12-13,15-16H2,1-5H3;1H/t23-,26-;/m1./s1. The minimum absolute atomic E-state index is 0. The molecule has 0 saturated carbocycles. The lowest BCUT2D eigenvalue weighted by Crippen LogP contribution is -2.57. The van der Waals surface area contributed by atoms with E-state index < -0.39 is 17.8 Å². The highest BCUT2D eigenvalue weighted by Gasteiger charge is 2.37. The number of alkyl halides is 1. The maximum Gasteiger partial charge on any atom is 0.250 e. The molecule has 1 saturated heterocycles. The van der Waals surface area contributed by atoms with Crippen molar-refractivity contribution in [2.45, 2.75) is 52.8 Å². The van der Waals surface area contributed by atoms with E-state index >= 15 is 0 Å². The number of piperazine rings is 1. The molecule has 6 nitrogen and oxygen atoms in total. The van der Waals surface area contributed by atoms with Gasteiger partial charge in [0.2, 0.25) is 5.91 Å². The summed E-state index contributed by atoms with van der Waals surface area (Å²) < 4.78 is 19.6. The molecule has 1 aliphatic heterocycles. The lowest BCUT2D eigenvalue weighted by atomic mass is 9.98. The Hall–Kier alpha value is -2.35. The first-order chi connectivity index (χ1) is 16.6. The Bertz CT molecular complexity index is 1030. The van der Waals surface area contributed by atoms with E-state index in [0.717, 1.165) is 5.56 Å². The van der Waals surface area contributed by atoms with Gasteiger partial charge in [-0.15, -0.1) is 24.0 Å². The van der Waals surface area contributed by atoms with Crippen LogP contribution in [0, 0.1) is 18.7 Å². The van der Waals surface area contributed by atoms with Gasteiger partial charge in [-0.25, -0.2) is 4.39 Å². The van der Waals surface area contributed by atoms with Crippen LogP contribution >= 0.6 is 24.0 Å². The van der Waals surface area contributed by atoms with Crippen LogP contribution in [0.4, 0.5) is 10.1 Å². The van der Waals surface area contributed by atoms with E-state index in [9.17, 15) is 14.0 Å². The number of aryl methyl sites for hydroxylation is 1. The number of anilines is 1. The fraction of sp³-hybridized carbons (Fsp3) is 0.481. The zero-order valence-electron chi connectivity index (χ0n) is 21.5. The molecule has 0 aromatic heterocycles. The molecule has 2 atom stereocenters. The number of hydrogen-bond acceptors (Lipinski definition) is 4. The molecule has 0 bridgehead atoms. The molecule has 1 N–H and O–H groups in total. The summed E-state index contributed by atoms with van der Waals surface area (Å²) in [6.45, 7) is 11.7. The molecule has 0 aliphatic carbocycles. The largest absolute Gasteiger partial charge is 0.491 e. The Labute approximate surface area is 224 Å². The molecule has 1 heterocycles. The summed E-state index contributed by atoms with van der Waals surface area (Å²) in [6.07, 6.45) is -0.00372. The highest BCUT2D eigenvalue weighted by molar-refractivity contribution is 6.30. The monoisotopic (exact) mass is 539 g/mol. The predicted octanol–water partition coefficient (Wildman–Crippen LogP) is 5.11. The maximum atomic E-state index is 14.1. The molecule has 2 aromatic rings. The van der Waals surface area contributed by atoms with Gasteiger partial charge in [-0.05, 0) is 68.1 Å². The normalized spacial score (nSPS) is 16.5. The van der Waals surface area contributed by atoms with Gasteiger partial charge in [-0.1, -0.05) is 26.0 Å². The number of amides is 2. The predicted molar refractivity (Wildman–Crippen MR) is 145 cm³/mol. The van der Waals surface area contributed by atoms with E-state index in [0.29, 0.717) is 42.6 Å². The highest BCUT2D eigenvalue weighted by Crippen LogP contribution is 2.34. The van der Waals surface area contributed by atoms with Crippen molar-refractivity contribution in [2.24, 2.45) is 5.92 Å². The van der Waals surface area contributed by atoms with Crippen molar-refractivity contribution < 1.29 is 18.7 Å². The first-order valence-corrected chi connectivity index (χ1v) is 12.6. The summed E-state index contributed by atoms with van der Waals surface area (Å²) in [5, 5.41) is 3.46. The quantitative estimate of drug-likeness (QED) is 0.473. The molecule has 2 aromatic carbocycles. The molecule has 1 fully saturated rings. The smallest absolute Gasteiger partial charge is 0.250 e. The van der Waals surface area contributed by atoms with Gasteiger partial charge < -0.3 is 15.0 Å². The van der Waals surface area contributed by atoms with Crippen molar-refractivity contribution in [3.63, 3.8) is 0 Å². The van der Waals surface area contributed by atoms with Gasteiger partial charge in [0, 0.05) is 31.4 Å². The topological polar surface area (TPSA) is 61.9 Å². The summed E-state index contributed by atoms with van der Waals surface area (Å²) in [4.78, 5) is 30.6. The fourth-order valence-corrected chi connectivity index (χ4v) is 4.50. The highest BCUT2D eigenvalue weighted by atomic mass is 35.5. The summed E-state index contributed by atoms with van der Waals surface area (Å²) in [5.74, 6) is -0.333. The Kier molecular flexibility index (Phi) is 11.0. The van der Waals surface area contributed by atoms with Crippen LogP contribution in [0.5, 0.6) is 5.75 Å². The summed E-state index contributed by atoms with van der Waals surface area (Å²) >= 11 is 6.05. The number of carbonyl (C=O) groups excluding carboxylic acids is 2. The van der Waals surface area contributed by atoms with Gasteiger partial charge in [-0.2, -0.15) is 0 Å². The summed E-state index contributed by atoms with van der Waals surface area (Å²) in [7, 11) is 0. The van der Waals surface area contributed by atoms with Crippen LogP contribution in [-0.4, -0.2) is 54.4 Å². The van der Waals surface area contributed by atoms with Crippen molar-refractivity contribution in [3.05, 3.63) is 59.4 Å². The van der Waals surface area contributed by atoms with E-state index in [4.69, 9.17) is 16.3 Å². The van der Waals surface area contributed by atoms with E-state index in [1.54, 1.807) is 29.2 Å². The van der Waals surface area contributed by atoms with Crippen LogP contribution in [0.2, 0.25) is 0 Å². The zero-order valence-corrected chi connectivity index (χ0v) is 23.0. The molecule has 0 radical (unpaired) electrons. The molecule has 3 rings (SSSR count). The first kappa shape index (κ1) is 29.9. The van der Waals surface area contributed by atoms with Gasteiger partial charge in [0.05, 0.1) is 6.10 Å². The van der Waals surface area contributed by atoms with Crippen molar-refractivity contribution in [3.8, 4) is 5.75 Å². The average molecular weight is 541 g/mol. The molecule has 0 spiro atoms. The molecular formula is C27H36Cl2FN3O3. The van der Waals surface area contributed by atoms with E-state index in [1.807, 2.05) is 26.8 Å². The zero-order chi connectivity index (χ0) is 25.7. The van der Waals surface area contributed by atoms with Crippen molar-refractivity contribution in [1.29, 1.82) is 0 Å². The Morgan fingerprint density at radius 1 is 1.17 bits per heavy atom. The number of halogens is 3. The third-order valence-electron chi connectivity index (χ3n) is 6.18. The third kappa shape index (κ3) is 7.11. The number of nitrogens with one attached hydrogen (secondary N) is 1. The maximum absolute atomic E-state index is 14.1. The average Bonchev–Trinajstić information content (AvgIpc) is 2.83. The first-order valence-electron chi connectivity index (χ1n) is 12.0. The van der Waals surface area contributed by atoms with Crippen molar-refractivity contribution >= 4 is 41.5 Å². The minimum atomic E-state index is -0.983. The molecule has 1 aliphatic rings. The molecule has 9 heteroatoms. The van der Waals surface area contributed by atoms with Gasteiger partial charge >= 0.3 is 0 Å². The van der Waals surface area contributed by atoms with Gasteiger partial charge in [0.15, 0.2) is 0 Å². The number of rotatable bonds is 8.